The van der Waals surface area contributed by atoms with Crippen molar-refractivity contribution in [3.63, 3.8) is 0 Å². The Hall–Kier alpha value is -8.12. The molecule has 4 aromatic carbocycles. The van der Waals surface area contributed by atoms with E-state index in [2.05, 4.69) is 76.2 Å². The van der Waals surface area contributed by atoms with Crippen LogP contribution in [0.15, 0.2) is 97.6 Å². The Morgan fingerprint density at radius 1 is 0.261 bits per heavy atom. The quantitative estimate of drug-likeness (QED) is 0.0535. The van der Waals surface area contributed by atoms with Gasteiger partial charge in [0.15, 0.2) is 0 Å². The average Bonchev–Trinajstić information content (AvgIpc) is 0.870. The zero-order chi connectivity index (χ0) is 59.8. The molecule has 0 radical (unpaired) electrons. The fourth-order valence-corrected chi connectivity index (χ4v) is 14.7. The Kier molecular flexibility index (Phi) is 18.4. The predicted octanol–water partition coefficient (Wildman–Crippen LogP) is 16.2. The molecule has 12 heteroatoms. The Balaban J connectivity index is 1.21. The summed E-state index contributed by atoms with van der Waals surface area (Å²) in [7, 11) is 0. The summed E-state index contributed by atoms with van der Waals surface area (Å²) in [5.74, 6) is 6.53. The van der Waals surface area contributed by atoms with Gasteiger partial charge < -0.3 is 37.9 Å². The molecule has 0 N–H and O–H groups in total. The van der Waals surface area contributed by atoms with Gasteiger partial charge in [0.05, 0.1) is 0 Å². The molecule has 0 saturated carbocycles. The van der Waals surface area contributed by atoms with Gasteiger partial charge in [-0.05, 0) is 122 Å². The minimum Gasteiger partial charge on any atom is -0.457 e. The average molecular weight is 1180 g/mol. The minimum atomic E-state index is -0.0291. The maximum absolute atomic E-state index is 7.30. The van der Waals surface area contributed by atoms with E-state index in [-0.39, 0.29) is 27.2 Å². The van der Waals surface area contributed by atoms with Crippen LogP contribution in [-0.2, 0) is 77.0 Å². The van der Waals surface area contributed by atoms with Crippen LogP contribution >= 0.6 is 0 Å². The number of pyridine rings is 4. The second-order valence-corrected chi connectivity index (χ2v) is 24.4. The molecular weight excluding hydrogens is 1100 g/mol. The lowest BCUT2D eigenvalue weighted by molar-refractivity contribution is 0.0964. The van der Waals surface area contributed by atoms with E-state index in [0.717, 1.165) is 194 Å². The highest BCUT2D eigenvalue weighted by Crippen LogP contribution is 2.55. The van der Waals surface area contributed by atoms with Gasteiger partial charge in [0.2, 0.25) is 27.2 Å². The van der Waals surface area contributed by atoms with Crippen molar-refractivity contribution >= 4 is 0 Å². The zero-order valence-electron chi connectivity index (χ0n) is 52.1. The van der Waals surface area contributed by atoms with Crippen molar-refractivity contribution < 1.29 is 37.9 Å². The molecular formula is C76H84N4O8. The van der Waals surface area contributed by atoms with E-state index in [1.165, 1.54) is 66.8 Å². The highest BCUT2D eigenvalue weighted by molar-refractivity contribution is 5.72. The van der Waals surface area contributed by atoms with Gasteiger partial charge >= 0.3 is 0 Å². The maximum Gasteiger partial charge on any atom is 0.230 e. The summed E-state index contributed by atoms with van der Waals surface area (Å²) in [6, 6.07) is 24.7. The molecule has 12 nitrogen and oxygen atoms in total. The molecule has 8 heterocycles. The molecule has 8 bridgehead atoms. The molecule has 4 aliphatic heterocycles. The van der Waals surface area contributed by atoms with Crippen molar-refractivity contribution in [1.82, 2.24) is 19.9 Å². The van der Waals surface area contributed by atoms with Gasteiger partial charge in [0, 0.05) is 166 Å². The lowest BCUT2D eigenvalue weighted by Crippen LogP contribution is -2.26. The van der Waals surface area contributed by atoms with Crippen LogP contribution in [0.5, 0.6) is 46.0 Å². The van der Waals surface area contributed by atoms with Gasteiger partial charge in [-0.3, -0.25) is 19.9 Å². The molecule has 13 rings (SSSR count). The highest BCUT2D eigenvalue weighted by atomic mass is 16.7. The van der Waals surface area contributed by atoms with Crippen LogP contribution < -0.4 is 37.9 Å². The first-order valence-corrected chi connectivity index (χ1v) is 32.9. The molecule has 456 valence electrons. The van der Waals surface area contributed by atoms with Crippen molar-refractivity contribution in [2.75, 3.05) is 27.2 Å². The summed E-state index contributed by atoms with van der Waals surface area (Å²) in [4.78, 5) is 19.9. The maximum atomic E-state index is 7.30. The van der Waals surface area contributed by atoms with Crippen molar-refractivity contribution in [2.24, 2.45) is 0 Å². The van der Waals surface area contributed by atoms with E-state index in [1.54, 1.807) is 0 Å². The number of aromatic nitrogens is 4. The SMILES string of the molecule is CCCCCc1c2c3c(Cc4ccccn4)c4c1Cc1c(CCCCC)c5c(c(Cc6ccccn6)c1OCO4)OCOc1c(c(CCCCC)c4c(c1Cc1ccccn1)OCOc1c(c(CCCCC)c(c(c1Cc1ccccn1)OCO3)C2)C4)C5. The van der Waals surface area contributed by atoms with Crippen LogP contribution in [-0.4, -0.2) is 47.1 Å². The molecule has 88 heavy (non-hydrogen) atoms. The normalized spacial score (nSPS) is 14.0. The number of hydrogen-bond acceptors (Lipinski definition) is 12. The number of nitrogens with zero attached hydrogens (tertiary/aromatic N) is 4. The van der Waals surface area contributed by atoms with E-state index >= 15 is 0 Å². The van der Waals surface area contributed by atoms with Gasteiger partial charge in [0.25, 0.3) is 0 Å². The fraction of sp³-hybridized carbons (Fsp3) is 0.421. The van der Waals surface area contributed by atoms with Gasteiger partial charge in [-0.15, -0.1) is 0 Å². The molecule has 0 unspecified atom stereocenters. The molecule has 0 saturated heterocycles. The largest absolute Gasteiger partial charge is 0.457 e. The standard InChI is InChI=1S/C76H84N4O8/c1-5-9-13-29-53-57-41-59-54(30-14-10-6-2)61-43-63-56(32-16-12-8-4)64-44-62-55(31-15-11-7-3)60-42-58(53)70-65(37-49-25-17-21-33-77-49)69(57)81-45-83-71(59)66(38-50-26-18-22-34-78-50)73(61)85-47-87-75(63)68(40-52-28-20-24-36-80-52)76(64)88-48-86-74(62)67(72(60)84-46-82-70)39-51-27-19-23-35-79-51/h17-28,33-36H,5-16,29-32,37-48H2,1-4H3. The third kappa shape index (κ3) is 12.0. The number of rotatable bonds is 24. The Labute approximate surface area is 519 Å². The number of hydrogen-bond donors (Lipinski definition) is 0. The first-order chi connectivity index (χ1) is 43.5. The van der Waals surface area contributed by atoms with E-state index in [9.17, 15) is 0 Å². The van der Waals surface area contributed by atoms with Crippen LogP contribution in [0.25, 0.3) is 0 Å². The second-order valence-electron chi connectivity index (χ2n) is 24.4. The number of ether oxygens (including phenoxy) is 8. The summed E-state index contributed by atoms with van der Waals surface area (Å²) in [5, 5.41) is 0. The summed E-state index contributed by atoms with van der Waals surface area (Å²) in [5.41, 5.74) is 22.2. The zero-order valence-corrected chi connectivity index (χ0v) is 52.1. The van der Waals surface area contributed by atoms with Gasteiger partial charge in [-0.1, -0.05) is 103 Å². The fourth-order valence-electron chi connectivity index (χ4n) is 14.7. The number of benzene rings is 4. The molecule has 8 aromatic rings. The molecule has 0 fully saturated rings. The number of unbranched alkanes of at least 4 members (excludes halogenated alkanes) is 8. The van der Waals surface area contributed by atoms with E-state index in [1.807, 2.05) is 49.1 Å². The van der Waals surface area contributed by atoms with Crippen molar-refractivity contribution in [3.05, 3.63) is 209 Å². The van der Waals surface area contributed by atoms with Crippen LogP contribution in [0.2, 0.25) is 0 Å². The summed E-state index contributed by atoms with van der Waals surface area (Å²) in [6.07, 6.45) is 27.8. The van der Waals surface area contributed by atoms with Gasteiger partial charge in [0.1, 0.15) is 46.0 Å². The van der Waals surface area contributed by atoms with Gasteiger partial charge in [-0.25, -0.2) is 0 Å². The van der Waals surface area contributed by atoms with Crippen molar-refractivity contribution in [3.8, 4) is 46.0 Å². The third-order valence-corrected chi connectivity index (χ3v) is 18.8. The summed E-state index contributed by atoms with van der Waals surface area (Å²) in [6.45, 7) is 9.07. The molecule has 0 atom stereocenters. The van der Waals surface area contributed by atoms with E-state index in [4.69, 9.17) is 57.8 Å². The lowest BCUT2D eigenvalue weighted by atomic mass is 9.77. The van der Waals surface area contributed by atoms with E-state index < -0.39 is 0 Å². The first-order valence-electron chi connectivity index (χ1n) is 32.9. The first kappa shape index (κ1) is 58.9. The molecule has 1 aliphatic carbocycles. The molecule has 0 spiro atoms. The smallest absolute Gasteiger partial charge is 0.230 e. The monoisotopic (exact) mass is 1180 g/mol. The Morgan fingerprint density at radius 2 is 0.466 bits per heavy atom. The van der Waals surface area contributed by atoms with Crippen LogP contribution in [0.4, 0.5) is 0 Å². The Bertz CT molecular complexity index is 3150. The summed E-state index contributed by atoms with van der Waals surface area (Å²) < 4.78 is 58.4. The van der Waals surface area contributed by atoms with E-state index in [0.29, 0.717) is 51.4 Å². The van der Waals surface area contributed by atoms with Crippen LogP contribution in [0.3, 0.4) is 0 Å². The lowest BCUT2D eigenvalue weighted by Gasteiger charge is -2.36. The van der Waals surface area contributed by atoms with Gasteiger partial charge in [-0.2, -0.15) is 0 Å². The summed E-state index contributed by atoms with van der Waals surface area (Å²) >= 11 is 0. The topological polar surface area (TPSA) is 125 Å². The van der Waals surface area contributed by atoms with Crippen molar-refractivity contribution in [2.45, 2.75) is 182 Å². The minimum absolute atomic E-state index is 0.0291. The second kappa shape index (κ2) is 27.5. The van der Waals surface area contributed by atoms with Crippen LogP contribution in [0, 0.1) is 0 Å². The molecule has 4 aromatic heterocycles. The Morgan fingerprint density at radius 3 is 0.636 bits per heavy atom. The predicted molar refractivity (Wildman–Crippen MR) is 343 cm³/mol. The third-order valence-electron chi connectivity index (χ3n) is 18.8. The molecule has 5 aliphatic rings. The highest BCUT2D eigenvalue weighted by Gasteiger charge is 2.39. The molecule has 0 amide bonds. The van der Waals surface area contributed by atoms with Crippen LogP contribution in [0.1, 0.15) is 217 Å². The van der Waals surface area contributed by atoms with Crippen molar-refractivity contribution in [1.29, 1.82) is 0 Å².